The molecule has 2 unspecified atom stereocenters. The van der Waals surface area contributed by atoms with Gasteiger partial charge in [0.2, 0.25) is 17.2 Å². The second-order valence-corrected chi connectivity index (χ2v) is 20.3. The quantitative estimate of drug-likeness (QED) is 0.115. The summed E-state index contributed by atoms with van der Waals surface area (Å²) in [6.45, 7) is 28.9. The number of nitrogens with zero attached hydrogens (tertiary/aromatic N) is 2. The van der Waals surface area contributed by atoms with Gasteiger partial charge in [-0.3, -0.25) is 14.4 Å². The van der Waals surface area contributed by atoms with Gasteiger partial charge in [-0.05, 0) is 153 Å². The number of allylic oxidation sites excluding steroid dienone is 2. The largest absolute Gasteiger partial charge is 0.871 e. The number of fused-ring (bicyclic) bond motifs is 2. The number of Topliss-reactive ketones (excluding diaryl/α,β-unsaturated/α-hetero) is 1. The smallest absolute Gasteiger partial charge is 0.224 e. The first-order valence-corrected chi connectivity index (χ1v) is 22.8. The third-order valence-corrected chi connectivity index (χ3v) is 14.6. The molecular weight excluding hydrogens is 801 g/mol. The lowest BCUT2D eigenvalue weighted by Gasteiger charge is -2.34. The van der Waals surface area contributed by atoms with Crippen LogP contribution in [0.5, 0.6) is 11.5 Å². The number of aryl methyl sites for hydroxylation is 6. The molecule has 0 saturated carbocycles. The van der Waals surface area contributed by atoms with E-state index < -0.39 is 11.5 Å². The van der Waals surface area contributed by atoms with Crippen LogP contribution < -0.4 is 35.8 Å². The fraction of sp³-hybridized carbons (Fsp3) is 0.444. The van der Waals surface area contributed by atoms with Crippen LogP contribution in [0.4, 0.5) is 17.1 Å². The zero-order valence-electron chi connectivity index (χ0n) is 40.2. The fourth-order valence-electron chi connectivity index (χ4n) is 10.5. The van der Waals surface area contributed by atoms with Crippen molar-refractivity contribution in [2.75, 3.05) is 15.5 Å². The number of benzene rings is 4. The standard InChI is InChI=1S/C54H66N4O6/c1-27(2)57-33(9)53(11,12)39-23-37(41(25-43(39)57)55-45(59)17-15-35-19-29(5)49(61)30(6)20-35)47-51(63)48(52(47)64)38-24-40-44(58(28(3)4)34(10)54(40,13)14)26-42(38)56-46(60)18-16-36-21-31(7)50(62)32(8)22-36/h19-28,33-34H,15-18H2,1-14H3,(H4,55,56,59,60,61,62,63,64). The minimum absolute atomic E-state index is 0.0108. The van der Waals surface area contributed by atoms with Crippen LogP contribution in [0.1, 0.15) is 132 Å². The molecule has 2 atom stereocenters. The maximum absolute atomic E-state index is 14.9. The normalized spacial score (nSPS) is 19.3. The summed E-state index contributed by atoms with van der Waals surface area (Å²) < 4.78 is 2.33. The van der Waals surface area contributed by atoms with Gasteiger partial charge in [-0.1, -0.05) is 43.9 Å². The summed E-state index contributed by atoms with van der Waals surface area (Å²) in [6, 6.07) is 15.7. The Morgan fingerprint density at radius 3 is 1.69 bits per heavy atom. The van der Waals surface area contributed by atoms with Crippen LogP contribution in [0.25, 0.3) is 11.1 Å². The van der Waals surface area contributed by atoms with Crippen LogP contribution in [0.3, 0.4) is 0 Å². The van der Waals surface area contributed by atoms with Crippen LogP contribution >= 0.6 is 0 Å². The number of phenols is 2. The van der Waals surface area contributed by atoms with E-state index in [9.17, 15) is 29.7 Å². The molecule has 4 aromatic rings. The molecule has 338 valence electrons. The molecule has 64 heavy (non-hydrogen) atoms. The molecular formula is C54H66N4O6. The van der Waals surface area contributed by atoms with Crippen molar-refractivity contribution in [3.8, 4) is 11.5 Å². The summed E-state index contributed by atoms with van der Waals surface area (Å²) in [5.41, 5.74) is 8.29. The van der Waals surface area contributed by atoms with Gasteiger partial charge in [0.25, 0.3) is 0 Å². The molecule has 2 amide bonds. The van der Waals surface area contributed by atoms with Gasteiger partial charge in [0.15, 0.2) is 11.8 Å². The van der Waals surface area contributed by atoms with E-state index in [-0.39, 0.29) is 82.3 Å². The Hall–Kier alpha value is -5.90. The zero-order valence-corrected chi connectivity index (χ0v) is 40.2. The molecule has 10 nitrogen and oxygen atoms in total. The molecule has 2 heterocycles. The number of anilines is 3. The molecule has 4 N–H and O–H groups in total. The van der Waals surface area contributed by atoms with Crippen LogP contribution in [-0.4, -0.2) is 52.0 Å². The Labute approximate surface area is 378 Å². The minimum Gasteiger partial charge on any atom is -0.871 e. The highest BCUT2D eigenvalue weighted by Crippen LogP contribution is 2.50. The molecule has 0 aromatic heterocycles. The van der Waals surface area contributed by atoms with E-state index in [4.69, 9.17) is 0 Å². The number of nitrogens with one attached hydrogen (secondary N) is 2. The van der Waals surface area contributed by atoms with Gasteiger partial charge in [-0.15, -0.1) is 0 Å². The predicted molar refractivity (Wildman–Crippen MR) is 255 cm³/mol. The topological polar surface area (TPSA) is 145 Å². The van der Waals surface area contributed by atoms with E-state index in [1.165, 1.54) is 0 Å². The van der Waals surface area contributed by atoms with Crippen molar-refractivity contribution in [3.05, 3.63) is 115 Å². The molecule has 3 aliphatic rings. The summed E-state index contributed by atoms with van der Waals surface area (Å²) >= 11 is 0. The van der Waals surface area contributed by atoms with Gasteiger partial charge in [0.1, 0.15) is 17.5 Å². The molecule has 0 radical (unpaired) electrons. The monoisotopic (exact) mass is 866 g/mol. The second-order valence-electron chi connectivity index (χ2n) is 20.3. The molecule has 4 aromatic carbocycles. The lowest BCUT2D eigenvalue weighted by atomic mass is 9.76. The first kappa shape index (κ1) is 46.1. The van der Waals surface area contributed by atoms with Gasteiger partial charge < -0.3 is 30.9 Å². The average Bonchev–Trinajstić information content (AvgIpc) is 3.53. The number of amides is 2. The van der Waals surface area contributed by atoms with E-state index in [1.54, 1.807) is 0 Å². The summed E-state index contributed by atoms with van der Waals surface area (Å²) in [5, 5.41) is 43.1. The van der Waals surface area contributed by atoms with E-state index in [1.807, 2.05) is 76.2 Å². The van der Waals surface area contributed by atoms with Crippen molar-refractivity contribution in [2.24, 2.45) is 0 Å². The summed E-state index contributed by atoms with van der Waals surface area (Å²) in [7, 11) is 0. The number of phenolic OH excluding ortho intramolecular Hbond substituents is 2. The Kier molecular flexibility index (Phi) is 11.9. The minimum atomic E-state index is -0.435. The lowest BCUT2D eigenvalue weighted by molar-refractivity contribution is -0.292. The first-order chi connectivity index (χ1) is 29.9. The van der Waals surface area contributed by atoms with Crippen molar-refractivity contribution in [2.45, 2.75) is 158 Å². The molecule has 0 saturated heterocycles. The van der Waals surface area contributed by atoms with Crippen LogP contribution in [-0.2, 0) is 38.1 Å². The Morgan fingerprint density at radius 2 is 1.22 bits per heavy atom. The number of rotatable bonds is 11. The molecule has 0 spiro atoms. The highest BCUT2D eigenvalue weighted by Gasteiger charge is 2.47. The van der Waals surface area contributed by atoms with Gasteiger partial charge >= 0.3 is 0 Å². The third kappa shape index (κ3) is 7.77. The second kappa shape index (κ2) is 16.6. The van der Waals surface area contributed by atoms with E-state index in [0.717, 1.165) is 55.6 Å². The lowest BCUT2D eigenvalue weighted by Crippen LogP contribution is -2.42. The molecule has 0 bridgehead atoms. The Bertz CT molecular complexity index is 2760. The van der Waals surface area contributed by atoms with E-state index in [2.05, 4.69) is 89.3 Å². The van der Waals surface area contributed by atoms with E-state index >= 15 is 0 Å². The SMILES string of the molecule is Cc1cc(CCC(=O)Nc2cc3c(cc2C2=C([O-])/C(=c4/cc5c(cc4NC(=O)CCc4cc(C)c(O)c(C)c4)=[N+](C(C)C)C(C)C5(C)C)C2=O)C(C)(C)C(C)N3C(C)C)cc(C)c1O. The van der Waals surface area contributed by atoms with Crippen molar-refractivity contribution < 1.29 is 29.7 Å². The van der Waals surface area contributed by atoms with Crippen molar-refractivity contribution in [3.63, 3.8) is 0 Å². The first-order valence-electron chi connectivity index (χ1n) is 22.8. The van der Waals surface area contributed by atoms with Crippen molar-refractivity contribution in [1.29, 1.82) is 0 Å². The van der Waals surface area contributed by atoms with Crippen LogP contribution in [0.15, 0.2) is 54.3 Å². The highest BCUT2D eigenvalue weighted by molar-refractivity contribution is 6.52. The molecule has 10 heteroatoms. The number of carbonyl (C=O) groups is 3. The zero-order chi connectivity index (χ0) is 47.1. The van der Waals surface area contributed by atoms with Crippen molar-refractivity contribution >= 4 is 45.8 Å². The molecule has 2 aliphatic heterocycles. The number of ketones is 1. The number of aromatic hydroxyl groups is 2. The molecule has 7 rings (SSSR count). The predicted octanol–water partition coefficient (Wildman–Crippen LogP) is 7.45. The fourth-order valence-corrected chi connectivity index (χ4v) is 10.5. The summed E-state index contributed by atoms with van der Waals surface area (Å²) in [6.07, 6.45) is 1.17. The third-order valence-electron chi connectivity index (χ3n) is 14.6. The Balaban J connectivity index is 1.35. The molecule has 1 aliphatic carbocycles. The molecule has 0 fully saturated rings. The summed E-state index contributed by atoms with van der Waals surface area (Å²) in [5.74, 6) is -0.909. The van der Waals surface area contributed by atoms with Crippen LogP contribution in [0.2, 0.25) is 0 Å². The Morgan fingerprint density at radius 1 is 0.719 bits per heavy atom. The van der Waals surface area contributed by atoms with Gasteiger partial charge in [-0.25, -0.2) is 4.58 Å². The maximum Gasteiger partial charge on any atom is 0.224 e. The number of hydrogen-bond acceptors (Lipinski definition) is 7. The van der Waals surface area contributed by atoms with Crippen LogP contribution in [0, 0.1) is 27.7 Å². The van der Waals surface area contributed by atoms with Gasteiger partial charge in [0, 0.05) is 69.6 Å². The number of hydrogen-bond donors (Lipinski definition) is 4. The maximum atomic E-state index is 14.9. The van der Waals surface area contributed by atoms with E-state index in [0.29, 0.717) is 35.0 Å². The highest BCUT2D eigenvalue weighted by atomic mass is 16.3. The van der Waals surface area contributed by atoms with Crippen molar-refractivity contribution in [1.82, 2.24) is 4.58 Å². The van der Waals surface area contributed by atoms with Gasteiger partial charge in [-0.2, -0.15) is 0 Å². The summed E-state index contributed by atoms with van der Waals surface area (Å²) in [4.78, 5) is 44.9. The number of carbonyl (C=O) groups excluding carboxylic acids is 3. The van der Waals surface area contributed by atoms with Gasteiger partial charge in [0.05, 0.1) is 16.8 Å². The average molecular weight is 867 g/mol.